The SMILES string of the molecule is COC(=O)c1cc2[nH]c(=O)c3c(c2cn1)CCC3. The molecule has 0 atom stereocenters. The van der Waals surface area contributed by atoms with E-state index >= 15 is 0 Å². The van der Waals surface area contributed by atoms with Gasteiger partial charge in [-0.05, 0) is 30.9 Å². The molecule has 1 aliphatic rings. The monoisotopic (exact) mass is 244 g/mol. The van der Waals surface area contributed by atoms with E-state index < -0.39 is 5.97 Å². The highest BCUT2D eigenvalue weighted by atomic mass is 16.5. The highest BCUT2D eigenvalue weighted by Crippen LogP contribution is 2.25. The number of methoxy groups -OCH3 is 1. The lowest BCUT2D eigenvalue weighted by molar-refractivity contribution is 0.0594. The summed E-state index contributed by atoms with van der Waals surface area (Å²) in [5, 5.41) is 0.926. The first-order valence-electron chi connectivity index (χ1n) is 5.83. The quantitative estimate of drug-likeness (QED) is 0.765. The molecule has 5 nitrogen and oxygen atoms in total. The Morgan fingerprint density at radius 1 is 1.39 bits per heavy atom. The number of aromatic nitrogens is 2. The summed E-state index contributed by atoms with van der Waals surface area (Å²) in [5.74, 6) is -0.502. The van der Waals surface area contributed by atoms with Crippen molar-refractivity contribution in [2.24, 2.45) is 0 Å². The third-order valence-electron chi connectivity index (χ3n) is 3.36. The number of nitrogens with one attached hydrogen (secondary N) is 1. The first-order valence-corrected chi connectivity index (χ1v) is 5.83. The van der Waals surface area contributed by atoms with E-state index in [2.05, 4.69) is 14.7 Å². The predicted molar refractivity (Wildman–Crippen MR) is 65.7 cm³/mol. The second kappa shape index (κ2) is 3.94. The molecule has 0 aromatic carbocycles. The summed E-state index contributed by atoms with van der Waals surface area (Å²) in [6, 6.07) is 1.57. The summed E-state index contributed by atoms with van der Waals surface area (Å²) in [6.07, 6.45) is 4.35. The van der Waals surface area contributed by atoms with Crippen LogP contribution in [0.2, 0.25) is 0 Å². The van der Waals surface area contributed by atoms with Crippen molar-refractivity contribution < 1.29 is 9.53 Å². The summed E-state index contributed by atoms with van der Waals surface area (Å²) in [4.78, 5) is 30.2. The average Bonchev–Trinajstić information content (AvgIpc) is 2.87. The molecule has 92 valence electrons. The van der Waals surface area contributed by atoms with E-state index in [9.17, 15) is 9.59 Å². The molecule has 0 aliphatic heterocycles. The van der Waals surface area contributed by atoms with Gasteiger partial charge in [-0.3, -0.25) is 4.79 Å². The summed E-state index contributed by atoms with van der Waals surface area (Å²) in [7, 11) is 1.31. The van der Waals surface area contributed by atoms with E-state index in [1.165, 1.54) is 7.11 Å². The van der Waals surface area contributed by atoms with Gasteiger partial charge in [-0.2, -0.15) is 0 Å². The number of rotatable bonds is 1. The molecule has 0 saturated heterocycles. The molecule has 0 amide bonds. The smallest absolute Gasteiger partial charge is 0.356 e. The first kappa shape index (κ1) is 11.0. The van der Waals surface area contributed by atoms with Crippen LogP contribution in [0.25, 0.3) is 10.9 Å². The predicted octanol–water partition coefficient (Wildman–Crippen LogP) is 1.20. The van der Waals surface area contributed by atoms with Gasteiger partial charge in [0.2, 0.25) is 0 Å². The lowest BCUT2D eigenvalue weighted by Crippen LogP contribution is -2.13. The maximum absolute atomic E-state index is 11.9. The molecular formula is C13H12N2O3. The maximum atomic E-state index is 11.9. The zero-order chi connectivity index (χ0) is 12.7. The molecule has 0 saturated carbocycles. The highest BCUT2D eigenvalue weighted by Gasteiger charge is 2.19. The van der Waals surface area contributed by atoms with Crippen LogP contribution >= 0.6 is 0 Å². The van der Waals surface area contributed by atoms with Crippen LogP contribution < -0.4 is 5.56 Å². The van der Waals surface area contributed by atoms with E-state index in [0.717, 1.165) is 35.8 Å². The lowest BCUT2D eigenvalue weighted by Gasteiger charge is -2.05. The Hall–Kier alpha value is -2.17. The fourth-order valence-electron chi connectivity index (χ4n) is 2.50. The van der Waals surface area contributed by atoms with Crippen molar-refractivity contribution in [1.82, 2.24) is 9.97 Å². The van der Waals surface area contributed by atoms with Gasteiger partial charge in [0, 0.05) is 17.1 Å². The van der Waals surface area contributed by atoms with Crippen LogP contribution in [0.1, 0.15) is 28.0 Å². The van der Waals surface area contributed by atoms with Crippen LogP contribution in [0, 0.1) is 0 Å². The minimum Gasteiger partial charge on any atom is -0.464 e. The first-order chi connectivity index (χ1) is 8.70. The number of H-pyrrole nitrogens is 1. The fourth-order valence-corrected chi connectivity index (χ4v) is 2.50. The fraction of sp³-hybridized carbons (Fsp3) is 0.308. The Bertz CT molecular complexity index is 703. The summed E-state index contributed by atoms with van der Waals surface area (Å²) in [6.45, 7) is 0. The maximum Gasteiger partial charge on any atom is 0.356 e. The Labute approximate surface area is 103 Å². The zero-order valence-corrected chi connectivity index (χ0v) is 9.95. The van der Waals surface area contributed by atoms with Gasteiger partial charge in [0.25, 0.3) is 5.56 Å². The number of carbonyl (C=O) groups is 1. The second-order valence-corrected chi connectivity index (χ2v) is 4.37. The van der Waals surface area contributed by atoms with Crippen LogP contribution in [0.4, 0.5) is 0 Å². The van der Waals surface area contributed by atoms with Gasteiger partial charge in [-0.1, -0.05) is 0 Å². The van der Waals surface area contributed by atoms with Crippen molar-refractivity contribution in [1.29, 1.82) is 0 Å². The van der Waals surface area contributed by atoms with Crippen molar-refractivity contribution in [3.8, 4) is 0 Å². The van der Waals surface area contributed by atoms with Gasteiger partial charge in [-0.25, -0.2) is 9.78 Å². The molecule has 0 unspecified atom stereocenters. The number of pyridine rings is 2. The van der Waals surface area contributed by atoms with Gasteiger partial charge in [0.15, 0.2) is 0 Å². The molecule has 0 bridgehead atoms. The molecular weight excluding hydrogens is 232 g/mol. The third-order valence-corrected chi connectivity index (χ3v) is 3.36. The van der Waals surface area contributed by atoms with Crippen molar-refractivity contribution >= 4 is 16.9 Å². The average molecular weight is 244 g/mol. The normalized spacial score (nSPS) is 13.6. The van der Waals surface area contributed by atoms with E-state index in [-0.39, 0.29) is 11.3 Å². The number of aromatic amines is 1. The molecule has 0 spiro atoms. The number of esters is 1. The molecule has 1 aliphatic carbocycles. The van der Waals surface area contributed by atoms with Crippen LogP contribution in [0.5, 0.6) is 0 Å². The van der Waals surface area contributed by atoms with E-state index in [4.69, 9.17) is 0 Å². The molecule has 5 heteroatoms. The summed E-state index contributed by atoms with van der Waals surface area (Å²) >= 11 is 0. The minimum atomic E-state index is -0.502. The van der Waals surface area contributed by atoms with Crippen LogP contribution in [-0.4, -0.2) is 23.0 Å². The molecule has 2 aromatic heterocycles. The van der Waals surface area contributed by atoms with Crippen molar-refractivity contribution in [2.45, 2.75) is 19.3 Å². The van der Waals surface area contributed by atoms with Crippen LogP contribution in [-0.2, 0) is 17.6 Å². The minimum absolute atomic E-state index is 0.0583. The topological polar surface area (TPSA) is 72.1 Å². The van der Waals surface area contributed by atoms with Gasteiger partial charge >= 0.3 is 5.97 Å². The largest absolute Gasteiger partial charge is 0.464 e. The Balaban J connectivity index is 2.28. The number of hydrogen-bond donors (Lipinski definition) is 1. The van der Waals surface area contributed by atoms with Gasteiger partial charge in [0.05, 0.1) is 12.6 Å². The lowest BCUT2D eigenvalue weighted by atomic mass is 10.1. The van der Waals surface area contributed by atoms with Crippen molar-refractivity contribution in [3.63, 3.8) is 0 Å². The Morgan fingerprint density at radius 2 is 2.17 bits per heavy atom. The number of fused-ring (bicyclic) bond motifs is 3. The molecule has 1 N–H and O–H groups in total. The zero-order valence-electron chi connectivity index (χ0n) is 9.95. The molecule has 0 fully saturated rings. The number of nitrogens with zero attached hydrogens (tertiary/aromatic N) is 1. The standard InChI is InChI=1S/C13H12N2O3/c1-18-13(17)11-5-10-9(6-14-11)7-3-2-4-8(7)12(16)15-10/h5-6H,2-4H2,1H3,(H,15,16). The van der Waals surface area contributed by atoms with Gasteiger partial charge in [-0.15, -0.1) is 0 Å². The van der Waals surface area contributed by atoms with E-state index in [0.29, 0.717) is 5.52 Å². The summed E-state index contributed by atoms with van der Waals surface area (Å²) < 4.78 is 4.61. The molecule has 2 heterocycles. The van der Waals surface area contributed by atoms with Crippen LogP contribution in [0.15, 0.2) is 17.1 Å². The number of carbonyl (C=O) groups excluding carboxylic acids is 1. The Kier molecular flexibility index (Phi) is 2.40. The molecule has 0 radical (unpaired) electrons. The van der Waals surface area contributed by atoms with Gasteiger partial charge < -0.3 is 9.72 Å². The van der Waals surface area contributed by atoms with Crippen LogP contribution in [0.3, 0.4) is 0 Å². The Morgan fingerprint density at radius 3 is 2.94 bits per heavy atom. The molecule has 18 heavy (non-hydrogen) atoms. The second-order valence-electron chi connectivity index (χ2n) is 4.37. The molecule has 2 aromatic rings. The van der Waals surface area contributed by atoms with E-state index in [1.807, 2.05) is 0 Å². The summed E-state index contributed by atoms with van der Waals surface area (Å²) in [5.41, 5.74) is 2.72. The highest BCUT2D eigenvalue weighted by molar-refractivity contribution is 5.92. The molecule has 3 rings (SSSR count). The van der Waals surface area contributed by atoms with Crippen molar-refractivity contribution in [3.05, 3.63) is 39.4 Å². The van der Waals surface area contributed by atoms with Gasteiger partial charge in [0.1, 0.15) is 5.69 Å². The third kappa shape index (κ3) is 1.51. The number of aryl methyl sites for hydroxylation is 1. The number of hydrogen-bond acceptors (Lipinski definition) is 4. The van der Waals surface area contributed by atoms with Crippen molar-refractivity contribution in [2.75, 3.05) is 7.11 Å². The number of ether oxygens (including phenoxy) is 1. The van der Waals surface area contributed by atoms with E-state index in [1.54, 1.807) is 12.3 Å².